The molecule has 0 fully saturated rings. The number of rotatable bonds is 7. The first kappa shape index (κ1) is 16.3. The van der Waals surface area contributed by atoms with Gasteiger partial charge in [-0.1, -0.05) is 12.1 Å². The second-order valence-corrected chi connectivity index (χ2v) is 5.57. The molecule has 1 heterocycles. The Morgan fingerprint density at radius 2 is 2.23 bits per heavy atom. The number of hydrogen-bond donors (Lipinski definition) is 2. The minimum Gasteiger partial charge on any atom is -0.393 e. The van der Waals surface area contributed by atoms with Crippen molar-refractivity contribution in [3.05, 3.63) is 30.6 Å². The van der Waals surface area contributed by atoms with Crippen molar-refractivity contribution in [1.82, 2.24) is 19.8 Å². The molecular weight excluding hydrogens is 280 g/mol. The maximum atomic E-state index is 11.8. The lowest BCUT2D eigenvalue weighted by atomic mass is 10.3. The number of benzene rings is 1. The number of carbonyl (C=O) groups is 1. The van der Waals surface area contributed by atoms with E-state index in [4.69, 9.17) is 0 Å². The maximum Gasteiger partial charge on any atom is 0.317 e. The fraction of sp³-hybridized carbons (Fsp3) is 0.500. The van der Waals surface area contributed by atoms with E-state index in [0.29, 0.717) is 19.5 Å². The van der Waals surface area contributed by atoms with Crippen LogP contribution in [0.25, 0.3) is 11.0 Å². The number of nitrogens with zero attached hydrogens (tertiary/aromatic N) is 3. The van der Waals surface area contributed by atoms with Gasteiger partial charge < -0.3 is 19.9 Å². The molecule has 0 aliphatic heterocycles. The number of nitrogens with one attached hydrogen (secondary N) is 1. The summed E-state index contributed by atoms with van der Waals surface area (Å²) in [6.45, 7) is 3.71. The lowest BCUT2D eigenvalue weighted by molar-refractivity contribution is 0.163. The second-order valence-electron chi connectivity index (χ2n) is 5.57. The summed E-state index contributed by atoms with van der Waals surface area (Å²) in [4.78, 5) is 17.8. The average molecular weight is 304 g/mol. The van der Waals surface area contributed by atoms with Gasteiger partial charge in [-0.3, -0.25) is 0 Å². The highest BCUT2D eigenvalue weighted by Gasteiger charge is 2.08. The Hall–Kier alpha value is -2.08. The van der Waals surface area contributed by atoms with Crippen molar-refractivity contribution >= 4 is 17.1 Å². The predicted octanol–water partition coefficient (Wildman–Crippen LogP) is 1.84. The summed E-state index contributed by atoms with van der Waals surface area (Å²) in [6, 6.07) is 7.91. The Labute approximate surface area is 130 Å². The molecule has 0 saturated carbocycles. The summed E-state index contributed by atoms with van der Waals surface area (Å²) in [5.41, 5.74) is 2.10. The summed E-state index contributed by atoms with van der Waals surface area (Å²) in [5.74, 6) is 0. The molecule has 0 aliphatic carbocycles. The fourth-order valence-electron chi connectivity index (χ4n) is 2.25. The lowest BCUT2D eigenvalue weighted by Gasteiger charge is -2.18. The molecule has 2 rings (SSSR count). The molecule has 0 bridgehead atoms. The Morgan fingerprint density at radius 3 is 3.00 bits per heavy atom. The number of aryl methyl sites for hydroxylation is 1. The summed E-state index contributed by atoms with van der Waals surface area (Å²) in [7, 11) is 1.74. The van der Waals surface area contributed by atoms with Crippen molar-refractivity contribution in [3.63, 3.8) is 0 Å². The third-order valence-electron chi connectivity index (χ3n) is 3.61. The van der Waals surface area contributed by atoms with Crippen LogP contribution < -0.4 is 5.32 Å². The highest BCUT2D eigenvalue weighted by atomic mass is 16.3. The van der Waals surface area contributed by atoms with Gasteiger partial charge in [0.15, 0.2) is 0 Å². The van der Waals surface area contributed by atoms with Gasteiger partial charge in [-0.05, 0) is 31.9 Å². The van der Waals surface area contributed by atoms with Crippen LogP contribution >= 0.6 is 0 Å². The van der Waals surface area contributed by atoms with Crippen molar-refractivity contribution < 1.29 is 9.90 Å². The van der Waals surface area contributed by atoms with Crippen molar-refractivity contribution in [2.45, 2.75) is 32.4 Å². The molecule has 22 heavy (non-hydrogen) atoms. The first-order chi connectivity index (χ1) is 10.6. The molecule has 0 saturated heterocycles. The monoisotopic (exact) mass is 304 g/mol. The van der Waals surface area contributed by atoms with Crippen molar-refractivity contribution in [1.29, 1.82) is 0 Å². The fourth-order valence-corrected chi connectivity index (χ4v) is 2.25. The highest BCUT2D eigenvalue weighted by Crippen LogP contribution is 2.11. The number of amides is 2. The SMILES string of the molecule is CC(O)CCN(C)C(=O)NCCCn1cnc2ccccc21. The molecule has 0 aliphatic rings. The first-order valence-corrected chi connectivity index (χ1v) is 7.65. The third kappa shape index (κ3) is 4.46. The summed E-state index contributed by atoms with van der Waals surface area (Å²) in [5, 5.41) is 12.1. The Balaban J connectivity index is 1.72. The van der Waals surface area contributed by atoms with Crippen LogP contribution in [-0.2, 0) is 6.54 Å². The van der Waals surface area contributed by atoms with E-state index in [1.807, 2.05) is 30.6 Å². The number of urea groups is 1. The summed E-state index contributed by atoms with van der Waals surface area (Å²) in [6.07, 6.45) is 2.88. The van der Waals surface area contributed by atoms with E-state index in [1.54, 1.807) is 18.9 Å². The number of para-hydroxylation sites is 2. The van der Waals surface area contributed by atoms with Crippen molar-refractivity contribution in [2.24, 2.45) is 0 Å². The molecule has 1 atom stereocenters. The highest BCUT2D eigenvalue weighted by molar-refractivity contribution is 5.75. The summed E-state index contributed by atoms with van der Waals surface area (Å²) >= 11 is 0. The average Bonchev–Trinajstić information content (AvgIpc) is 2.92. The number of aromatic nitrogens is 2. The van der Waals surface area contributed by atoms with E-state index in [1.165, 1.54) is 0 Å². The molecule has 2 aromatic rings. The summed E-state index contributed by atoms with van der Waals surface area (Å²) < 4.78 is 2.10. The van der Waals surface area contributed by atoms with E-state index >= 15 is 0 Å². The van der Waals surface area contributed by atoms with Gasteiger partial charge in [0.2, 0.25) is 0 Å². The van der Waals surface area contributed by atoms with E-state index in [9.17, 15) is 9.90 Å². The Bertz CT molecular complexity index is 609. The first-order valence-electron chi connectivity index (χ1n) is 7.65. The smallest absolute Gasteiger partial charge is 0.317 e. The zero-order valence-corrected chi connectivity index (χ0v) is 13.2. The number of hydrogen-bond acceptors (Lipinski definition) is 3. The number of aliphatic hydroxyl groups is 1. The molecule has 2 amide bonds. The minimum absolute atomic E-state index is 0.101. The van der Waals surface area contributed by atoms with E-state index < -0.39 is 0 Å². The normalized spacial score (nSPS) is 12.3. The van der Waals surface area contributed by atoms with E-state index in [0.717, 1.165) is 24.0 Å². The number of fused-ring (bicyclic) bond motifs is 1. The largest absolute Gasteiger partial charge is 0.393 e. The second kappa shape index (κ2) is 7.79. The molecule has 120 valence electrons. The van der Waals surface area contributed by atoms with Gasteiger partial charge in [0, 0.05) is 26.7 Å². The van der Waals surface area contributed by atoms with Crippen molar-refractivity contribution in [2.75, 3.05) is 20.1 Å². The standard InChI is InChI=1S/C16H24N4O2/c1-13(21)8-11-19(2)16(22)17-9-5-10-20-12-18-14-6-3-4-7-15(14)20/h3-4,6-7,12-13,21H,5,8-11H2,1-2H3,(H,17,22). The van der Waals surface area contributed by atoms with Crippen LogP contribution in [0.1, 0.15) is 19.8 Å². The molecule has 1 aromatic carbocycles. The van der Waals surface area contributed by atoms with Gasteiger partial charge in [-0.25, -0.2) is 9.78 Å². The molecule has 6 heteroatoms. The Kier molecular flexibility index (Phi) is 5.77. The molecule has 0 radical (unpaired) electrons. The number of imidazole rings is 1. The zero-order chi connectivity index (χ0) is 15.9. The molecule has 1 aromatic heterocycles. The molecule has 0 spiro atoms. The third-order valence-corrected chi connectivity index (χ3v) is 3.61. The minimum atomic E-state index is -0.384. The van der Waals surface area contributed by atoms with Crippen LogP contribution in [0.5, 0.6) is 0 Å². The molecule has 2 N–H and O–H groups in total. The van der Waals surface area contributed by atoms with E-state index in [-0.39, 0.29) is 12.1 Å². The van der Waals surface area contributed by atoms with Gasteiger partial charge in [0.1, 0.15) is 0 Å². The topological polar surface area (TPSA) is 70.4 Å². The van der Waals surface area contributed by atoms with Crippen LogP contribution in [0.3, 0.4) is 0 Å². The van der Waals surface area contributed by atoms with Gasteiger partial charge in [-0.2, -0.15) is 0 Å². The maximum absolute atomic E-state index is 11.8. The molecular formula is C16H24N4O2. The van der Waals surface area contributed by atoms with Gasteiger partial charge in [0.05, 0.1) is 23.5 Å². The van der Waals surface area contributed by atoms with Gasteiger partial charge in [0.25, 0.3) is 0 Å². The van der Waals surface area contributed by atoms with Crippen LogP contribution in [0, 0.1) is 0 Å². The van der Waals surface area contributed by atoms with E-state index in [2.05, 4.69) is 14.9 Å². The van der Waals surface area contributed by atoms with Crippen LogP contribution in [0.4, 0.5) is 4.79 Å². The quantitative estimate of drug-likeness (QED) is 0.767. The number of aliphatic hydroxyl groups excluding tert-OH is 1. The van der Waals surface area contributed by atoms with Gasteiger partial charge >= 0.3 is 6.03 Å². The van der Waals surface area contributed by atoms with Crippen molar-refractivity contribution in [3.8, 4) is 0 Å². The van der Waals surface area contributed by atoms with Gasteiger partial charge in [-0.15, -0.1) is 0 Å². The molecule has 6 nitrogen and oxygen atoms in total. The number of carbonyl (C=O) groups excluding carboxylic acids is 1. The Morgan fingerprint density at radius 1 is 1.45 bits per heavy atom. The predicted molar refractivity (Wildman–Crippen MR) is 86.7 cm³/mol. The van der Waals surface area contributed by atoms with Crippen LogP contribution in [-0.4, -0.2) is 51.8 Å². The molecule has 1 unspecified atom stereocenters. The zero-order valence-electron chi connectivity index (χ0n) is 13.2. The lowest BCUT2D eigenvalue weighted by Crippen LogP contribution is -2.39. The van der Waals surface area contributed by atoms with Crippen LogP contribution in [0.2, 0.25) is 0 Å². The van der Waals surface area contributed by atoms with Crippen LogP contribution in [0.15, 0.2) is 30.6 Å².